The van der Waals surface area contributed by atoms with Gasteiger partial charge < -0.3 is 4.90 Å². The average molecular weight is 205 g/mol. The predicted octanol–water partition coefficient (Wildman–Crippen LogP) is 4.01. The largest absolute Gasteiger partial charge is 0.371 e. The average Bonchev–Trinajstić information content (AvgIpc) is 2.25. The highest BCUT2D eigenvalue weighted by molar-refractivity contribution is 5.52. The molecule has 0 fully saturated rings. The molecule has 0 radical (unpaired) electrons. The zero-order valence-electron chi connectivity index (χ0n) is 10.3. The number of aryl methyl sites for hydroxylation is 1. The van der Waals surface area contributed by atoms with Gasteiger partial charge in [-0.1, -0.05) is 38.5 Å². The van der Waals surface area contributed by atoms with Crippen LogP contribution in [0, 0.1) is 6.92 Å². The van der Waals surface area contributed by atoms with Crippen LogP contribution < -0.4 is 4.90 Å². The molecule has 0 saturated heterocycles. The van der Waals surface area contributed by atoms with Gasteiger partial charge >= 0.3 is 0 Å². The van der Waals surface area contributed by atoms with Crippen LogP contribution in [0.5, 0.6) is 0 Å². The predicted molar refractivity (Wildman–Crippen MR) is 68.6 cm³/mol. The third kappa shape index (κ3) is 3.58. The quantitative estimate of drug-likeness (QED) is 0.678. The summed E-state index contributed by atoms with van der Waals surface area (Å²) < 4.78 is 0. The zero-order chi connectivity index (χ0) is 11.1. The molecule has 84 valence electrons. The van der Waals surface area contributed by atoms with Gasteiger partial charge in [0.1, 0.15) is 0 Å². The third-order valence-electron chi connectivity index (χ3n) is 2.73. The number of unbranched alkanes of at least 4 members (excludes halogenated alkanes) is 1. The van der Waals surface area contributed by atoms with E-state index in [9.17, 15) is 0 Å². The van der Waals surface area contributed by atoms with Crippen LogP contribution in [0.2, 0.25) is 0 Å². The third-order valence-corrected chi connectivity index (χ3v) is 2.73. The molecule has 0 aromatic heterocycles. The van der Waals surface area contributed by atoms with E-state index in [0.717, 1.165) is 0 Å². The molecule has 1 aromatic rings. The van der Waals surface area contributed by atoms with E-state index in [4.69, 9.17) is 0 Å². The molecule has 15 heavy (non-hydrogen) atoms. The molecule has 0 aliphatic rings. The summed E-state index contributed by atoms with van der Waals surface area (Å²) in [4.78, 5) is 2.51. The Morgan fingerprint density at radius 2 is 1.73 bits per heavy atom. The van der Waals surface area contributed by atoms with Crippen molar-refractivity contribution in [2.45, 2.75) is 40.0 Å². The lowest BCUT2D eigenvalue weighted by molar-refractivity contribution is 0.702. The molecule has 0 saturated carbocycles. The molecule has 0 N–H and O–H groups in total. The van der Waals surface area contributed by atoms with E-state index in [1.54, 1.807) is 0 Å². The molecule has 1 heteroatoms. The molecule has 0 atom stereocenters. The Morgan fingerprint density at radius 3 is 2.33 bits per heavy atom. The summed E-state index contributed by atoms with van der Waals surface area (Å²) in [6.45, 7) is 9.06. The van der Waals surface area contributed by atoms with Crippen molar-refractivity contribution in [2.24, 2.45) is 0 Å². The molecule has 0 aliphatic carbocycles. The molecule has 1 rings (SSSR count). The van der Waals surface area contributed by atoms with Gasteiger partial charge in [-0.05, 0) is 31.4 Å². The van der Waals surface area contributed by atoms with Gasteiger partial charge in [0, 0.05) is 18.8 Å². The Kier molecular flexibility index (Phi) is 5.23. The highest BCUT2D eigenvalue weighted by atomic mass is 15.1. The van der Waals surface area contributed by atoms with Crippen LogP contribution in [-0.4, -0.2) is 13.1 Å². The maximum atomic E-state index is 2.51. The minimum atomic E-state index is 1.17. The Bertz CT molecular complexity index is 280. The zero-order valence-corrected chi connectivity index (χ0v) is 10.3. The highest BCUT2D eigenvalue weighted by Gasteiger charge is 2.06. The fourth-order valence-corrected chi connectivity index (χ4v) is 1.89. The van der Waals surface area contributed by atoms with E-state index in [-0.39, 0.29) is 0 Å². The molecule has 1 aromatic carbocycles. The van der Waals surface area contributed by atoms with Crippen LogP contribution in [-0.2, 0) is 0 Å². The van der Waals surface area contributed by atoms with Crippen molar-refractivity contribution in [3.05, 3.63) is 29.8 Å². The van der Waals surface area contributed by atoms with Crippen molar-refractivity contribution in [2.75, 3.05) is 18.0 Å². The van der Waals surface area contributed by atoms with Gasteiger partial charge in [0.05, 0.1) is 0 Å². The lowest BCUT2D eigenvalue weighted by Crippen LogP contribution is -2.25. The Hall–Kier alpha value is -0.980. The molecule has 0 heterocycles. The Morgan fingerprint density at radius 1 is 1.00 bits per heavy atom. The summed E-state index contributed by atoms with van der Waals surface area (Å²) in [5.41, 5.74) is 2.80. The van der Waals surface area contributed by atoms with E-state index in [0.29, 0.717) is 0 Å². The van der Waals surface area contributed by atoms with Gasteiger partial charge in [0.15, 0.2) is 0 Å². The number of para-hydroxylation sites is 1. The van der Waals surface area contributed by atoms with Crippen molar-refractivity contribution in [1.29, 1.82) is 0 Å². The molecular weight excluding hydrogens is 182 g/mol. The summed E-state index contributed by atoms with van der Waals surface area (Å²) in [5, 5.41) is 0. The van der Waals surface area contributed by atoms with Crippen molar-refractivity contribution in [1.82, 2.24) is 0 Å². The second-order valence-electron chi connectivity index (χ2n) is 4.13. The smallest absolute Gasteiger partial charge is 0.0395 e. The Balaban J connectivity index is 2.74. The second-order valence-corrected chi connectivity index (χ2v) is 4.13. The minimum Gasteiger partial charge on any atom is -0.371 e. The van der Waals surface area contributed by atoms with Crippen LogP contribution >= 0.6 is 0 Å². The first-order valence-corrected chi connectivity index (χ1v) is 6.10. The van der Waals surface area contributed by atoms with Crippen molar-refractivity contribution >= 4 is 5.69 Å². The van der Waals surface area contributed by atoms with Crippen LogP contribution in [0.15, 0.2) is 24.3 Å². The van der Waals surface area contributed by atoms with Gasteiger partial charge in [-0.3, -0.25) is 0 Å². The second kappa shape index (κ2) is 6.49. The lowest BCUT2D eigenvalue weighted by atomic mass is 10.1. The minimum absolute atomic E-state index is 1.17. The molecule has 1 nitrogen and oxygen atoms in total. The summed E-state index contributed by atoms with van der Waals surface area (Å²) in [6.07, 6.45) is 3.78. The van der Waals surface area contributed by atoms with Gasteiger partial charge in [-0.15, -0.1) is 0 Å². The molecule has 0 amide bonds. The first-order chi connectivity index (χ1) is 7.29. The summed E-state index contributed by atoms with van der Waals surface area (Å²) in [5.74, 6) is 0. The van der Waals surface area contributed by atoms with Crippen LogP contribution in [0.4, 0.5) is 5.69 Å². The fourth-order valence-electron chi connectivity index (χ4n) is 1.89. The molecule has 0 unspecified atom stereocenters. The molecular formula is C14H23N. The van der Waals surface area contributed by atoms with Gasteiger partial charge in [-0.25, -0.2) is 0 Å². The summed E-state index contributed by atoms with van der Waals surface area (Å²) in [6, 6.07) is 8.68. The first-order valence-electron chi connectivity index (χ1n) is 6.10. The summed E-state index contributed by atoms with van der Waals surface area (Å²) in [7, 11) is 0. The number of nitrogens with zero attached hydrogens (tertiary/aromatic N) is 1. The molecule has 0 aliphatic heterocycles. The number of benzene rings is 1. The molecule has 0 bridgehead atoms. The normalized spacial score (nSPS) is 10.3. The molecule has 0 spiro atoms. The van der Waals surface area contributed by atoms with Crippen molar-refractivity contribution in [3.8, 4) is 0 Å². The SMILES string of the molecule is CCCCN(CCC)c1ccccc1C. The van der Waals surface area contributed by atoms with E-state index in [1.165, 1.54) is 43.6 Å². The maximum absolute atomic E-state index is 2.51. The standard InChI is InChI=1S/C14H23N/c1-4-6-12-15(11-5-2)14-10-8-7-9-13(14)3/h7-10H,4-6,11-12H2,1-3H3. The van der Waals surface area contributed by atoms with Crippen LogP contribution in [0.3, 0.4) is 0 Å². The summed E-state index contributed by atoms with van der Waals surface area (Å²) >= 11 is 0. The van der Waals surface area contributed by atoms with Crippen LogP contribution in [0.25, 0.3) is 0 Å². The topological polar surface area (TPSA) is 3.24 Å². The van der Waals surface area contributed by atoms with Crippen molar-refractivity contribution in [3.63, 3.8) is 0 Å². The van der Waals surface area contributed by atoms with Gasteiger partial charge in [0.25, 0.3) is 0 Å². The van der Waals surface area contributed by atoms with E-state index in [1.807, 2.05) is 0 Å². The first kappa shape index (κ1) is 12.1. The highest BCUT2D eigenvalue weighted by Crippen LogP contribution is 2.19. The lowest BCUT2D eigenvalue weighted by Gasteiger charge is -2.25. The van der Waals surface area contributed by atoms with Gasteiger partial charge in [-0.2, -0.15) is 0 Å². The number of rotatable bonds is 6. The van der Waals surface area contributed by atoms with Crippen LogP contribution in [0.1, 0.15) is 38.7 Å². The fraction of sp³-hybridized carbons (Fsp3) is 0.571. The Labute approximate surface area is 94.1 Å². The van der Waals surface area contributed by atoms with Crippen molar-refractivity contribution < 1.29 is 0 Å². The number of anilines is 1. The van der Waals surface area contributed by atoms with Gasteiger partial charge in [0.2, 0.25) is 0 Å². The van der Waals surface area contributed by atoms with E-state index in [2.05, 4.69) is 49.9 Å². The van der Waals surface area contributed by atoms with E-state index >= 15 is 0 Å². The number of hydrogen-bond acceptors (Lipinski definition) is 1. The van der Waals surface area contributed by atoms with E-state index < -0.39 is 0 Å². The maximum Gasteiger partial charge on any atom is 0.0395 e. The monoisotopic (exact) mass is 205 g/mol. The number of hydrogen-bond donors (Lipinski definition) is 0.